The maximum absolute atomic E-state index is 13.9. The number of aromatic amines is 1. The summed E-state index contributed by atoms with van der Waals surface area (Å²) in [7, 11) is 0. The second-order valence-electron chi connectivity index (χ2n) is 4.62. The van der Waals surface area contributed by atoms with Crippen molar-refractivity contribution in [3.8, 4) is 17.0 Å². The molecule has 0 radical (unpaired) electrons. The van der Waals surface area contributed by atoms with E-state index in [0.29, 0.717) is 34.5 Å². The van der Waals surface area contributed by atoms with Crippen LogP contribution in [0, 0.1) is 5.82 Å². The smallest absolute Gasteiger partial charge is 0.152 e. The molecule has 0 unspecified atom stereocenters. The minimum Gasteiger partial charge on any atom is -0.493 e. The fraction of sp³-hybridized carbons (Fsp3) is 0.118. The number of benzene rings is 2. The van der Waals surface area contributed by atoms with Gasteiger partial charge in [-0.3, -0.25) is 4.79 Å². The van der Waals surface area contributed by atoms with E-state index in [1.165, 1.54) is 6.07 Å². The van der Waals surface area contributed by atoms with Crippen LogP contribution in [0.1, 0.15) is 17.3 Å². The van der Waals surface area contributed by atoms with Crippen LogP contribution >= 0.6 is 0 Å². The van der Waals surface area contributed by atoms with Crippen LogP contribution in [0.4, 0.5) is 4.39 Å². The average molecular weight is 283 g/mol. The number of carbonyl (C=O) groups is 1. The first-order chi connectivity index (χ1) is 10.3. The third-order valence-corrected chi connectivity index (χ3v) is 3.40. The molecule has 2 aromatic carbocycles. The highest BCUT2D eigenvalue weighted by atomic mass is 19.1. The monoisotopic (exact) mass is 283 g/mol. The largest absolute Gasteiger partial charge is 0.493 e. The van der Waals surface area contributed by atoms with Gasteiger partial charge in [0.1, 0.15) is 11.6 Å². The van der Waals surface area contributed by atoms with Crippen molar-refractivity contribution in [3.63, 3.8) is 0 Å². The molecular weight excluding hydrogens is 269 g/mol. The highest BCUT2D eigenvalue weighted by molar-refractivity contribution is 6.05. The molecule has 0 amide bonds. The second kappa shape index (κ2) is 5.40. The minimum absolute atomic E-state index is 0.334. The molecule has 0 saturated carbocycles. The SMILES string of the molecule is CCOc1ccccc1-c1[nH]c2c(F)cccc2c1C=O. The number of hydrogen-bond acceptors (Lipinski definition) is 2. The molecule has 21 heavy (non-hydrogen) atoms. The number of ether oxygens (including phenoxy) is 1. The number of rotatable bonds is 4. The number of H-pyrrole nitrogens is 1. The summed E-state index contributed by atoms with van der Waals surface area (Å²) in [4.78, 5) is 14.5. The van der Waals surface area contributed by atoms with Crippen molar-refractivity contribution in [2.24, 2.45) is 0 Å². The molecule has 0 bridgehead atoms. The summed E-state index contributed by atoms with van der Waals surface area (Å²) < 4.78 is 19.5. The van der Waals surface area contributed by atoms with Crippen LogP contribution < -0.4 is 4.74 Å². The number of aromatic nitrogens is 1. The van der Waals surface area contributed by atoms with Gasteiger partial charge in [-0.25, -0.2) is 4.39 Å². The van der Waals surface area contributed by atoms with Gasteiger partial charge in [0.15, 0.2) is 6.29 Å². The summed E-state index contributed by atoms with van der Waals surface area (Å²) >= 11 is 0. The molecule has 0 atom stereocenters. The molecule has 0 aliphatic rings. The maximum Gasteiger partial charge on any atom is 0.152 e. The molecular formula is C17H14FNO2. The predicted octanol–water partition coefficient (Wildman–Crippen LogP) is 4.19. The van der Waals surface area contributed by atoms with E-state index in [1.807, 2.05) is 31.2 Å². The van der Waals surface area contributed by atoms with Gasteiger partial charge in [0.05, 0.1) is 17.8 Å². The van der Waals surface area contributed by atoms with Gasteiger partial charge < -0.3 is 9.72 Å². The molecule has 1 N–H and O–H groups in total. The first kappa shape index (κ1) is 13.4. The van der Waals surface area contributed by atoms with Crippen LogP contribution in [-0.2, 0) is 0 Å². The van der Waals surface area contributed by atoms with Crippen LogP contribution in [0.15, 0.2) is 42.5 Å². The van der Waals surface area contributed by atoms with Crippen molar-refractivity contribution in [2.75, 3.05) is 6.61 Å². The molecule has 3 rings (SSSR count). The van der Waals surface area contributed by atoms with E-state index < -0.39 is 0 Å². The zero-order valence-electron chi connectivity index (χ0n) is 11.5. The van der Waals surface area contributed by atoms with E-state index in [0.717, 1.165) is 11.8 Å². The summed E-state index contributed by atoms with van der Waals surface area (Å²) in [5.74, 6) is 0.283. The normalized spacial score (nSPS) is 10.8. The third-order valence-electron chi connectivity index (χ3n) is 3.40. The van der Waals surface area contributed by atoms with Crippen LogP contribution in [0.5, 0.6) is 5.75 Å². The molecule has 1 aromatic heterocycles. The van der Waals surface area contributed by atoms with Crippen LogP contribution in [0.25, 0.3) is 22.2 Å². The van der Waals surface area contributed by atoms with E-state index in [4.69, 9.17) is 4.74 Å². The molecule has 0 aliphatic heterocycles. The van der Waals surface area contributed by atoms with Gasteiger partial charge in [0.2, 0.25) is 0 Å². The van der Waals surface area contributed by atoms with Crippen LogP contribution in [0.2, 0.25) is 0 Å². The summed E-state index contributed by atoms with van der Waals surface area (Å²) in [6.45, 7) is 2.41. The molecule has 3 nitrogen and oxygen atoms in total. The first-order valence-electron chi connectivity index (χ1n) is 6.73. The van der Waals surface area contributed by atoms with Crippen molar-refractivity contribution >= 4 is 17.2 Å². The van der Waals surface area contributed by atoms with Gasteiger partial charge in [-0.2, -0.15) is 0 Å². The molecule has 106 valence electrons. The fourth-order valence-corrected chi connectivity index (χ4v) is 2.49. The molecule has 0 spiro atoms. The maximum atomic E-state index is 13.9. The quantitative estimate of drug-likeness (QED) is 0.730. The van der Waals surface area contributed by atoms with Crippen molar-refractivity contribution in [1.82, 2.24) is 4.98 Å². The Morgan fingerprint density at radius 2 is 2.00 bits per heavy atom. The Labute approximate surface area is 121 Å². The van der Waals surface area contributed by atoms with Crippen molar-refractivity contribution in [2.45, 2.75) is 6.92 Å². The highest BCUT2D eigenvalue weighted by Gasteiger charge is 2.17. The lowest BCUT2D eigenvalue weighted by molar-refractivity contribution is 0.112. The lowest BCUT2D eigenvalue weighted by atomic mass is 10.1. The van der Waals surface area contributed by atoms with E-state index >= 15 is 0 Å². The van der Waals surface area contributed by atoms with E-state index in [9.17, 15) is 9.18 Å². The number of hydrogen-bond donors (Lipinski definition) is 1. The lowest BCUT2D eigenvalue weighted by Crippen LogP contribution is -1.95. The lowest BCUT2D eigenvalue weighted by Gasteiger charge is -2.09. The number of aldehydes is 1. The fourth-order valence-electron chi connectivity index (χ4n) is 2.49. The number of nitrogens with one attached hydrogen (secondary N) is 1. The van der Waals surface area contributed by atoms with Gasteiger partial charge in [-0.05, 0) is 25.1 Å². The molecule has 3 aromatic rings. The van der Waals surface area contributed by atoms with Crippen LogP contribution in [0.3, 0.4) is 0 Å². The molecule has 4 heteroatoms. The Balaban J connectivity index is 2.30. The van der Waals surface area contributed by atoms with Gasteiger partial charge in [-0.15, -0.1) is 0 Å². The zero-order chi connectivity index (χ0) is 14.8. The van der Waals surface area contributed by atoms with E-state index in [1.54, 1.807) is 12.1 Å². The number of halogens is 1. The molecule has 0 fully saturated rings. The van der Waals surface area contributed by atoms with Gasteiger partial charge >= 0.3 is 0 Å². The summed E-state index contributed by atoms with van der Waals surface area (Å²) in [5.41, 5.74) is 2.10. The third kappa shape index (κ3) is 2.18. The Morgan fingerprint density at radius 1 is 1.19 bits per heavy atom. The average Bonchev–Trinajstić information content (AvgIpc) is 2.88. The Hall–Kier alpha value is -2.62. The Kier molecular flexibility index (Phi) is 3.44. The van der Waals surface area contributed by atoms with Crippen molar-refractivity contribution in [3.05, 3.63) is 53.8 Å². The Morgan fingerprint density at radius 3 is 2.76 bits per heavy atom. The number of fused-ring (bicyclic) bond motifs is 1. The Bertz CT molecular complexity index is 808. The van der Waals surface area contributed by atoms with Gasteiger partial charge in [-0.1, -0.05) is 24.3 Å². The van der Waals surface area contributed by atoms with Crippen LogP contribution in [-0.4, -0.2) is 17.9 Å². The second-order valence-corrected chi connectivity index (χ2v) is 4.62. The number of carbonyl (C=O) groups excluding carboxylic acids is 1. The zero-order valence-corrected chi connectivity index (χ0v) is 11.5. The van der Waals surface area contributed by atoms with Crippen molar-refractivity contribution in [1.29, 1.82) is 0 Å². The van der Waals surface area contributed by atoms with Gasteiger partial charge in [0.25, 0.3) is 0 Å². The standard InChI is InChI=1S/C17H14FNO2/c1-2-21-15-9-4-3-6-12(15)16-13(10-20)11-7-5-8-14(18)17(11)19-16/h3-10,19H,2H2,1H3. The summed E-state index contributed by atoms with van der Waals surface area (Å²) in [6.07, 6.45) is 0.746. The predicted molar refractivity (Wildman–Crippen MR) is 80.2 cm³/mol. The minimum atomic E-state index is -0.379. The molecule has 0 saturated heterocycles. The van der Waals surface area contributed by atoms with Crippen molar-refractivity contribution < 1.29 is 13.9 Å². The van der Waals surface area contributed by atoms with Gasteiger partial charge in [0, 0.05) is 16.5 Å². The summed E-state index contributed by atoms with van der Waals surface area (Å²) in [5, 5.41) is 0.575. The topological polar surface area (TPSA) is 42.1 Å². The van der Waals surface area contributed by atoms with E-state index in [-0.39, 0.29) is 5.82 Å². The molecule has 0 aliphatic carbocycles. The number of para-hydroxylation sites is 2. The van der Waals surface area contributed by atoms with E-state index in [2.05, 4.69) is 4.98 Å². The highest BCUT2D eigenvalue weighted by Crippen LogP contribution is 2.35. The first-order valence-corrected chi connectivity index (χ1v) is 6.73. The molecule has 1 heterocycles. The summed E-state index contributed by atoms with van der Waals surface area (Å²) in [6, 6.07) is 12.1.